The highest BCUT2D eigenvalue weighted by molar-refractivity contribution is 6.30. The Morgan fingerprint density at radius 3 is 2.43 bits per heavy atom. The van der Waals surface area contributed by atoms with Crippen molar-refractivity contribution in [3.05, 3.63) is 111 Å². The number of benzene rings is 3. The summed E-state index contributed by atoms with van der Waals surface area (Å²) in [6.45, 7) is 5.90. The Kier molecular flexibility index (Phi) is 9.28. The first-order valence-electron chi connectivity index (χ1n) is 15.3. The molecule has 9 heteroatoms. The number of anilines is 1. The lowest BCUT2D eigenvalue weighted by Crippen LogP contribution is -2.48. The van der Waals surface area contributed by atoms with Crippen LogP contribution >= 0.6 is 11.6 Å². The Hall–Kier alpha value is -4.14. The Morgan fingerprint density at radius 2 is 1.66 bits per heavy atom. The molecular formula is C35H37ClN4O4. The molecule has 0 spiro atoms. The lowest BCUT2D eigenvalue weighted by molar-refractivity contribution is -0.128. The van der Waals surface area contributed by atoms with Crippen molar-refractivity contribution < 1.29 is 14.0 Å². The van der Waals surface area contributed by atoms with E-state index in [0.717, 1.165) is 57.7 Å². The molecule has 44 heavy (non-hydrogen) atoms. The number of amides is 2. The second-order valence-corrected chi connectivity index (χ2v) is 12.1. The van der Waals surface area contributed by atoms with Gasteiger partial charge in [-0.2, -0.15) is 0 Å². The van der Waals surface area contributed by atoms with Crippen LogP contribution in [-0.4, -0.2) is 66.9 Å². The molecule has 2 amide bonds. The average Bonchev–Trinajstić information content (AvgIpc) is 3.45. The quantitative estimate of drug-likeness (QED) is 0.268. The molecule has 2 aliphatic rings. The Labute approximate surface area is 262 Å². The van der Waals surface area contributed by atoms with Gasteiger partial charge in [-0.1, -0.05) is 54.1 Å². The molecule has 4 aromatic rings. The fourth-order valence-corrected chi connectivity index (χ4v) is 6.31. The van der Waals surface area contributed by atoms with Gasteiger partial charge < -0.3 is 19.5 Å². The molecule has 2 aliphatic heterocycles. The minimum absolute atomic E-state index is 0.0118. The zero-order chi connectivity index (χ0) is 30.5. The number of fused-ring (bicyclic) bond motifs is 1. The number of carbonyl (C=O) groups is 2. The van der Waals surface area contributed by atoms with Crippen LogP contribution in [0.4, 0.5) is 5.69 Å². The van der Waals surface area contributed by atoms with Crippen molar-refractivity contribution in [1.29, 1.82) is 0 Å². The van der Waals surface area contributed by atoms with Gasteiger partial charge in [0.05, 0.1) is 5.39 Å². The number of hydrogen-bond donors (Lipinski definition) is 1. The van der Waals surface area contributed by atoms with Crippen molar-refractivity contribution >= 4 is 40.1 Å². The number of halogens is 1. The lowest BCUT2D eigenvalue weighted by atomic mass is 10.0. The number of rotatable bonds is 10. The maximum absolute atomic E-state index is 13.3. The van der Waals surface area contributed by atoms with Crippen LogP contribution in [0.2, 0.25) is 5.02 Å². The molecule has 1 N–H and O–H groups in total. The maximum Gasteiger partial charge on any atom is 0.287 e. The standard InChI is InChI=1S/C35H37ClN4O4/c36-27-13-11-25(12-14-27)22-28(37-35(43)33-23-31(41)29-7-2-4-9-32(29)44-33)15-17-38-18-20-39(21-19-38)30-8-3-1-6-26(30)24-40-16-5-10-34(40)42/h1-4,6-9,11-14,23,28H,5,10,15-22,24H2,(H,37,43)/t28-/m1/s1. The van der Waals surface area contributed by atoms with E-state index in [4.69, 9.17) is 16.0 Å². The van der Waals surface area contributed by atoms with Gasteiger partial charge in [0.1, 0.15) is 5.58 Å². The molecule has 0 saturated carbocycles. The molecule has 2 fully saturated rings. The number of nitrogens with zero attached hydrogens (tertiary/aromatic N) is 3. The SMILES string of the molecule is O=C(N[C@H](CCN1CCN(c2ccccc2CN2CCCC2=O)CC1)Cc1ccc(Cl)cc1)c1cc(=O)c2ccccc2o1. The van der Waals surface area contributed by atoms with Gasteiger partial charge in [0.15, 0.2) is 11.2 Å². The third kappa shape index (κ3) is 7.14. The third-order valence-electron chi connectivity index (χ3n) is 8.62. The highest BCUT2D eigenvalue weighted by Crippen LogP contribution is 2.25. The van der Waals surface area contributed by atoms with E-state index in [1.807, 2.05) is 35.2 Å². The van der Waals surface area contributed by atoms with E-state index in [9.17, 15) is 14.4 Å². The van der Waals surface area contributed by atoms with Crippen LogP contribution in [0.1, 0.15) is 40.9 Å². The first kappa shape index (κ1) is 29.9. The van der Waals surface area contributed by atoms with E-state index in [0.29, 0.717) is 35.4 Å². The van der Waals surface area contributed by atoms with E-state index in [2.05, 4.69) is 33.3 Å². The van der Waals surface area contributed by atoms with Gasteiger partial charge in [-0.05, 0) is 60.7 Å². The maximum atomic E-state index is 13.3. The van der Waals surface area contributed by atoms with Gasteiger partial charge in [0.25, 0.3) is 5.91 Å². The summed E-state index contributed by atoms with van der Waals surface area (Å²) in [6, 6.07) is 24.1. The molecular weight excluding hydrogens is 576 g/mol. The number of para-hydroxylation sites is 2. The first-order valence-corrected chi connectivity index (χ1v) is 15.7. The zero-order valence-electron chi connectivity index (χ0n) is 24.7. The summed E-state index contributed by atoms with van der Waals surface area (Å²) in [5.74, 6) is -0.143. The molecule has 0 radical (unpaired) electrons. The summed E-state index contributed by atoms with van der Waals surface area (Å²) >= 11 is 6.11. The van der Waals surface area contributed by atoms with Crippen molar-refractivity contribution in [2.75, 3.05) is 44.2 Å². The van der Waals surface area contributed by atoms with E-state index < -0.39 is 5.91 Å². The molecule has 2 saturated heterocycles. The molecule has 0 bridgehead atoms. The van der Waals surface area contributed by atoms with Crippen LogP contribution in [0.5, 0.6) is 0 Å². The summed E-state index contributed by atoms with van der Waals surface area (Å²) < 4.78 is 5.81. The predicted molar refractivity (Wildman–Crippen MR) is 173 cm³/mol. The van der Waals surface area contributed by atoms with E-state index in [-0.39, 0.29) is 23.1 Å². The average molecular weight is 613 g/mol. The molecule has 6 rings (SSSR count). The van der Waals surface area contributed by atoms with Crippen LogP contribution in [0.25, 0.3) is 11.0 Å². The summed E-state index contributed by atoms with van der Waals surface area (Å²) in [5, 5.41) is 4.25. The van der Waals surface area contributed by atoms with Crippen LogP contribution in [-0.2, 0) is 17.8 Å². The molecule has 1 atom stereocenters. The summed E-state index contributed by atoms with van der Waals surface area (Å²) in [7, 11) is 0. The number of nitrogens with one attached hydrogen (secondary N) is 1. The summed E-state index contributed by atoms with van der Waals surface area (Å²) in [6.07, 6.45) is 2.95. The Morgan fingerprint density at radius 1 is 0.909 bits per heavy atom. The molecule has 8 nitrogen and oxygen atoms in total. The van der Waals surface area contributed by atoms with Crippen molar-refractivity contribution in [3.63, 3.8) is 0 Å². The largest absolute Gasteiger partial charge is 0.451 e. The minimum atomic E-state index is -0.398. The fourth-order valence-electron chi connectivity index (χ4n) is 6.18. The van der Waals surface area contributed by atoms with Crippen LogP contribution in [0.15, 0.2) is 88.1 Å². The molecule has 0 unspecified atom stereocenters. The predicted octanol–water partition coefficient (Wildman–Crippen LogP) is 5.12. The minimum Gasteiger partial charge on any atom is -0.451 e. The molecule has 3 aromatic carbocycles. The van der Waals surface area contributed by atoms with E-state index >= 15 is 0 Å². The number of likely N-dealkylation sites (tertiary alicyclic amines) is 1. The highest BCUT2D eigenvalue weighted by atomic mass is 35.5. The first-order chi connectivity index (χ1) is 21.4. The highest BCUT2D eigenvalue weighted by Gasteiger charge is 2.25. The summed E-state index contributed by atoms with van der Waals surface area (Å²) in [5.41, 5.74) is 3.63. The molecule has 0 aliphatic carbocycles. The van der Waals surface area contributed by atoms with Crippen molar-refractivity contribution in [2.24, 2.45) is 0 Å². The number of carbonyl (C=O) groups excluding carboxylic acids is 2. The van der Waals surface area contributed by atoms with Gasteiger partial charge in [-0.25, -0.2) is 0 Å². The van der Waals surface area contributed by atoms with Crippen molar-refractivity contribution in [1.82, 2.24) is 15.1 Å². The Bertz CT molecular complexity index is 1680. The third-order valence-corrected chi connectivity index (χ3v) is 8.87. The van der Waals surface area contributed by atoms with Crippen molar-refractivity contribution in [2.45, 2.75) is 38.3 Å². The van der Waals surface area contributed by atoms with Crippen molar-refractivity contribution in [3.8, 4) is 0 Å². The van der Waals surface area contributed by atoms with Crippen LogP contribution in [0, 0.1) is 0 Å². The van der Waals surface area contributed by atoms with Gasteiger partial charge >= 0.3 is 0 Å². The van der Waals surface area contributed by atoms with Gasteiger partial charge in [-0.3, -0.25) is 19.3 Å². The van der Waals surface area contributed by atoms with Crippen LogP contribution < -0.4 is 15.6 Å². The van der Waals surface area contributed by atoms with Gasteiger partial charge in [0, 0.05) is 75.1 Å². The van der Waals surface area contributed by atoms with E-state index in [1.54, 1.807) is 24.3 Å². The van der Waals surface area contributed by atoms with Gasteiger partial charge in [0.2, 0.25) is 5.91 Å². The number of piperazine rings is 1. The topological polar surface area (TPSA) is 86.1 Å². The second kappa shape index (κ2) is 13.7. The van der Waals surface area contributed by atoms with Gasteiger partial charge in [-0.15, -0.1) is 0 Å². The van der Waals surface area contributed by atoms with Crippen LogP contribution in [0.3, 0.4) is 0 Å². The summed E-state index contributed by atoms with van der Waals surface area (Å²) in [4.78, 5) is 45.0. The smallest absolute Gasteiger partial charge is 0.287 e. The zero-order valence-corrected chi connectivity index (χ0v) is 25.5. The molecule has 3 heterocycles. The molecule has 228 valence electrons. The lowest BCUT2D eigenvalue weighted by Gasteiger charge is -2.38. The molecule has 1 aromatic heterocycles. The normalized spacial score (nSPS) is 16.4. The number of hydrogen-bond acceptors (Lipinski definition) is 6. The second-order valence-electron chi connectivity index (χ2n) is 11.6. The fraction of sp³-hybridized carbons (Fsp3) is 0.343. The monoisotopic (exact) mass is 612 g/mol. The van der Waals surface area contributed by atoms with E-state index in [1.165, 1.54) is 17.3 Å². The Balaban J connectivity index is 1.09.